The van der Waals surface area contributed by atoms with E-state index < -0.39 is 0 Å². The molecule has 0 bridgehead atoms. The van der Waals surface area contributed by atoms with Crippen LogP contribution in [0.1, 0.15) is 31.4 Å². The van der Waals surface area contributed by atoms with Gasteiger partial charge < -0.3 is 14.7 Å². The summed E-state index contributed by atoms with van der Waals surface area (Å²) in [4.78, 5) is 25.8. The van der Waals surface area contributed by atoms with Crippen molar-refractivity contribution < 1.29 is 14.1 Å². The largest absolute Gasteiger partial charge is 0.356 e. The Labute approximate surface area is 134 Å². The third-order valence-corrected chi connectivity index (χ3v) is 4.16. The van der Waals surface area contributed by atoms with Crippen molar-refractivity contribution in [2.75, 3.05) is 19.6 Å². The summed E-state index contributed by atoms with van der Waals surface area (Å²) in [7, 11) is 0. The van der Waals surface area contributed by atoms with Gasteiger partial charge in [-0.25, -0.2) is 0 Å². The van der Waals surface area contributed by atoms with Gasteiger partial charge in [0.25, 0.3) is 0 Å². The number of nitrogens with zero attached hydrogens (tertiary/aromatic N) is 2. The highest BCUT2D eigenvalue weighted by molar-refractivity contribution is 5.86. The molecule has 23 heavy (non-hydrogen) atoms. The van der Waals surface area contributed by atoms with E-state index in [1.807, 2.05) is 29.2 Å². The summed E-state index contributed by atoms with van der Waals surface area (Å²) in [5.74, 6) is 0.0885. The number of carbonyl (C=O) groups is 2. The van der Waals surface area contributed by atoms with E-state index in [9.17, 15) is 9.59 Å². The number of para-hydroxylation sites is 1. The highest BCUT2D eigenvalue weighted by atomic mass is 16.5. The number of aromatic nitrogens is 1. The summed E-state index contributed by atoms with van der Waals surface area (Å²) >= 11 is 0. The van der Waals surface area contributed by atoms with Crippen molar-refractivity contribution in [3.8, 4) is 0 Å². The van der Waals surface area contributed by atoms with Crippen LogP contribution in [-0.4, -0.2) is 41.5 Å². The molecule has 1 aliphatic rings. The first-order chi connectivity index (χ1) is 11.2. The first kappa shape index (κ1) is 15.5. The number of carbonyl (C=O) groups excluding carboxylic acids is 2. The molecule has 2 amide bonds. The van der Waals surface area contributed by atoms with E-state index >= 15 is 0 Å². The number of likely N-dealkylation sites (tertiary alicyclic amines) is 1. The zero-order valence-electron chi connectivity index (χ0n) is 13.1. The predicted octanol–water partition coefficient (Wildman–Crippen LogP) is 1.89. The van der Waals surface area contributed by atoms with Crippen LogP contribution < -0.4 is 5.32 Å². The maximum Gasteiger partial charge on any atom is 0.226 e. The summed E-state index contributed by atoms with van der Waals surface area (Å²) in [5.41, 5.74) is 1.33. The second-order valence-corrected chi connectivity index (χ2v) is 5.84. The van der Waals surface area contributed by atoms with Crippen LogP contribution in [0, 0.1) is 0 Å². The van der Waals surface area contributed by atoms with Crippen molar-refractivity contribution in [3.63, 3.8) is 0 Å². The number of rotatable bonds is 5. The Morgan fingerprint density at radius 1 is 1.26 bits per heavy atom. The number of nitrogens with one attached hydrogen (secondary N) is 1. The van der Waals surface area contributed by atoms with Crippen molar-refractivity contribution in [2.24, 2.45) is 0 Å². The fourth-order valence-corrected chi connectivity index (χ4v) is 2.89. The third kappa shape index (κ3) is 3.88. The van der Waals surface area contributed by atoms with E-state index in [0.29, 0.717) is 30.8 Å². The molecule has 0 unspecified atom stereocenters. The molecular weight excluding hydrogens is 294 g/mol. The molecule has 0 aliphatic carbocycles. The van der Waals surface area contributed by atoms with Crippen LogP contribution in [0.15, 0.2) is 28.8 Å². The van der Waals surface area contributed by atoms with Crippen molar-refractivity contribution >= 4 is 22.8 Å². The summed E-state index contributed by atoms with van der Waals surface area (Å²) in [6, 6.07) is 7.49. The monoisotopic (exact) mass is 315 g/mol. The van der Waals surface area contributed by atoms with Gasteiger partial charge in [0.15, 0.2) is 5.58 Å². The molecule has 1 aliphatic heterocycles. The van der Waals surface area contributed by atoms with E-state index in [-0.39, 0.29) is 18.2 Å². The van der Waals surface area contributed by atoms with Gasteiger partial charge in [-0.2, -0.15) is 0 Å². The van der Waals surface area contributed by atoms with Crippen LogP contribution in [0.5, 0.6) is 0 Å². The van der Waals surface area contributed by atoms with E-state index in [4.69, 9.17) is 4.52 Å². The summed E-state index contributed by atoms with van der Waals surface area (Å²) in [6.07, 6.45) is 3.93. The van der Waals surface area contributed by atoms with Gasteiger partial charge in [-0.15, -0.1) is 0 Å². The minimum absolute atomic E-state index is 0.105. The van der Waals surface area contributed by atoms with Crippen LogP contribution in [0.2, 0.25) is 0 Å². The molecule has 0 radical (unpaired) electrons. The van der Waals surface area contributed by atoms with Crippen molar-refractivity contribution in [1.82, 2.24) is 15.4 Å². The standard InChI is InChI=1S/C17H21N3O3/c21-16(12-14-13-6-3-4-7-15(13)23-19-14)18-9-11-20-10-5-1-2-8-17(20)22/h3-4,6-7H,1-2,5,8-12H2,(H,18,21). The molecule has 0 saturated carbocycles. The lowest BCUT2D eigenvalue weighted by molar-refractivity contribution is -0.131. The zero-order chi connectivity index (χ0) is 16.1. The molecule has 1 N–H and O–H groups in total. The molecular formula is C17H21N3O3. The van der Waals surface area contributed by atoms with Crippen LogP contribution in [-0.2, 0) is 16.0 Å². The third-order valence-electron chi connectivity index (χ3n) is 4.16. The quantitative estimate of drug-likeness (QED) is 0.914. The average Bonchev–Trinajstić information content (AvgIpc) is 2.84. The normalized spacial score (nSPS) is 15.7. The Hall–Kier alpha value is -2.37. The molecule has 1 aromatic carbocycles. The van der Waals surface area contributed by atoms with E-state index in [0.717, 1.165) is 31.2 Å². The van der Waals surface area contributed by atoms with Gasteiger partial charge in [0.2, 0.25) is 11.8 Å². The number of hydrogen-bond donors (Lipinski definition) is 1. The fourth-order valence-electron chi connectivity index (χ4n) is 2.89. The smallest absolute Gasteiger partial charge is 0.226 e. The van der Waals surface area contributed by atoms with Gasteiger partial charge in [-0.05, 0) is 25.0 Å². The molecule has 6 nitrogen and oxygen atoms in total. The minimum atomic E-state index is -0.105. The lowest BCUT2D eigenvalue weighted by atomic mass is 10.1. The summed E-state index contributed by atoms with van der Waals surface area (Å²) in [5, 5.41) is 7.68. The Morgan fingerprint density at radius 3 is 3.04 bits per heavy atom. The maximum atomic E-state index is 12.0. The molecule has 1 fully saturated rings. The van der Waals surface area contributed by atoms with Crippen molar-refractivity contribution in [3.05, 3.63) is 30.0 Å². The first-order valence-corrected chi connectivity index (χ1v) is 8.12. The van der Waals surface area contributed by atoms with Gasteiger partial charge in [0.05, 0.1) is 6.42 Å². The van der Waals surface area contributed by atoms with Crippen LogP contribution in [0.3, 0.4) is 0 Å². The molecule has 122 valence electrons. The van der Waals surface area contributed by atoms with E-state index in [1.54, 1.807) is 0 Å². The Balaban J connectivity index is 1.49. The van der Waals surface area contributed by atoms with E-state index in [2.05, 4.69) is 10.5 Å². The SMILES string of the molecule is O=C(Cc1noc2ccccc12)NCCN1CCCCCC1=O. The van der Waals surface area contributed by atoms with Gasteiger partial charge in [0.1, 0.15) is 5.69 Å². The number of hydrogen-bond acceptors (Lipinski definition) is 4. The molecule has 0 atom stereocenters. The number of amides is 2. The molecule has 2 heterocycles. The van der Waals surface area contributed by atoms with Gasteiger partial charge in [-0.3, -0.25) is 9.59 Å². The molecule has 3 rings (SSSR count). The first-order valence-electron chi connectivity index (χ1n) is 8.12. The second-order valence-electron chi connectivity index (χ2n) is 5.84. The van der Waals surface area contributed by atoms with Gasteiger partial charge in [-0.1, -0.05) is 23.7 Å². The molecule has 6 heteroatoms. The highest BCUT2D eigenvalue weighted by Gasteiger charge is 2.16. The Bertz CT molecular complexity index is 695. The lowest BCUT2D eigenvalue weighted by Crippen LogP contribution is -2.38. The Morgan fingerprint density at radius 2 is 2.13 bits per heavy atom. The van der Waals surface area contributed by atoms with E-state index in [1.165, 1.54) is 0 Å². The zero-order valence-corrected chi connectivity index (χ0v) is 13.1. The van der Waals surface area contributed by atoms with Crippen LogP contribution >= 0.6 is 0 Å². The topological polar surface area (TPSA) is 75.4 Å². The van der Waals surface area contributed by atoms with Crippen molar-refractivity contribution in [1.29, 1.82) is 0 Å². The predicted molar refractivity (Wildman–Crippen MR) is 85.8 cm³/mol. The molecule has 2 aromatic rings. The van der Waals surface area contributed by atoms with Gasteiger partial charge >= 0.3 is 0 Å². The second kappa shape index (κ2) is 7.26. The minimum Gasteiger partial charge on any atom is -0.356 e. The summed E-state index contributed by atoms with van der Waals surface area (Å²) < 4.78 is 5.19. The fraction of sp³-hybridized carbons (Fsp3) is 0.471. The van der Waals surface area contributed by atoms with Crippen molar-refractivity contribution in [2.45, 2.75) is 32.1 Å². The molecule has 0 spiro atoms. The molecule has 1 saturated heterocycles. The summed E-state index contributed by atoms with van der Waals surface area (Å²) in [6.45, 7) is 1.84. The average molecular weight is 315 g/mol. The Kier molecular flexibility index (Phi) is 4.90. The number of benzene rings is 1. The number of fused-ring (bicyclic) bond motifs is 1. The maximum absolute atomic E-state index is 12.0. The van der Waals surface area contributed by atoms with Crippen LogP contribution in [0.25, 0.3) is 11.0 Å². The van der Waals surface area contributed by atoms with Gasteiger partial charge in [0, 0.05) is 31.4 Å². The molecule has 1 aromatic heterocycles. The highest BCUT2D eigenvalue weighted by Crippen LogP contribution is 2.18. The van der Waals surface area contributed by atoms with Crippen LogP contribution in [0.4, 0.5) is 0 Å². The lowest BCUT2D eigenvalue weighted by Gasteiger charge is -2.20.